The molecule has 158 valence electrons. The molecule has 0 aromatic carbocycles. The van der Waals surface area contributed by atoms with Crippen molar-refractivity contribution in [1.29, 1.82) is 0 Å². The second kappa shape index (κ2) is 10.8. The van der Waals surface area contributed by atoms with Crippen LogP contribution in [0.5, 0.6) is 0 Å². The highest BCUT2D eigenvalue weighted by atomic mass is 32.1. The lowest BCUT2D eigenvalue weighted by atomic mass is 10.1. The van der Waals surface area contributed by atoms with Crippen molar-refractivity contribution < 1.29 is 34.2 Å². The molecule has 1 aliphatic rings. The lowest BCUT2D eigenvalue weighted by Crippen LogP contribution is -2.57. The molecule has 0 spiro atoms. The molecule has 8 N–H and O–H groups in total. The number of aliphatic hydroxyl groups is 1. The molecule has 28 heavy (non-hydrogen) atoms. The Kier molecular flexibility index (Phi) is 9.15. The Morgan fingerprint density at radius 3 is 2.32 bits per heavy atom. The summed E-state index contributed by atoms with van der Waals surface area (Å²) in [5.41, 5.74) is 10.8. The molecular formula is C15H25N5O7S. The topological polar surface area (TPSA) is 205 Å². The number of carbonyl (C=O) groups is 5. The van der Waals surface area contributed by atoms with Gasteiger partial charge in [-0.3, -0.25) is 19.2 Å². The number of likely N-dealkylation sites (tertiary alicyclic amines) is 1. The van der Waals surface area contributed by atoms with E-state index in [4.69, 9.17) is 21.7 Å². The van der Waals surface area contributed by atoms with E-state index in [1.807, 2.05) is 5.32 Å². The molecule has 13 heteroatoms. The van der Waals surface area contributed by atoms with Crippen LogP contribution in [0.3, 0.4) is 0 Å². The summed E-state index contributed by atoms with van der Waals surface area (Å²) in [4.78, 5) is 60.6. The molecule has 0 aromatic rings. The lowest BCUT2D eigenvalue weighted by Gasteiger charge is -2.28. The van der Waals surface area contributed by atoms with Gasteiger partial charge in [-0.05, 0) is 12.8 Å². The van der Waals surface area contributed by atoms with E-state index in [0.29, 0.717) is 19.4 Å². The number of amides is 4. The number of aliphatic hydroxyl groups excluding tert-OH is 1. The van der Waals surface area contributed by atoms with E-state index in [9.17, 15) is 24.0 Å². The lowest BCUT2D eigenvalue weighted by molar-refractivity contribution is -0.144. The molecule has 1 fully saturated rings. The summed E-state index contributed by atoms with van der Waals surface area (Å²) < 4.78 is 0. The second-order valence-corrected chi connectivity index (χ2v) is 6.66. The number of primary amides is 1. The summed E-state index contributed by atoms with van der Waals surface area (Å²) in [6.45, 7) is -0.582. The van der Waals surface area contributed by atoms with Crippen LogP contribution in [0.25, 0.3) is 0 Å². The number of nitrogens with zero attached hydrogens (tertiary/aromatic N) is 1. The monoisotopic (exact) mass is 419 g/mol. The van der Waals surface area contributed by atoms with E-state index in [1.54, 1.807) is 0 Å². The van der Waals surface area contributed by atoms with Gasteiger partial charge in [0.2, 0.25) is 23.6 Å². The zero-order valence-corrected chi connectivity index (χ0v) is 15.9. The summed E-state index contributed by atoms with van der Waals surface area (Å²) in [5, 5.41) is 22.2. The Hall–Kier alpha value is -2.38. The highest BCUT2D eigenvalue weighted by Gasteiger charge is 2.37. The van der Waals surface area contributed by atoms with Crippen LogP contribution in [-0.2, 0) is 24.0 Å². The number of carbonyl (C=O) groups excluding carboxylic acids is 4. The zero-order chi connectivity index (χ0) is 21.4. The predicted molar refractivity (Wildman–Crippen MR) is 99.0 cm³/mol. The molecular weight excluding hydrogens is 394 g/mol. The van der Waals surface area contributed by atoms with Crippen molar-refractivity contribution in [2.75, 3.05) is 18.9 Å². The van der Waals surface area contributed by atoms with Gasteiger partial charge >= 0.3 is 5.97 Å². The van der Waals surface area contributed by atoms with E-state index in [2.05, 4.69) is 17.9 Å². The molecule has 0 radical (unpaired) electrons. The van der Waals surface area contributed by atoms with Crippen molar-refractivity contribution in [3.05, 3.63) is 0 Å². The highest BCUT2D eigenvalue weighted by Crippen LogP contribution is 2.19. The first-order valence-corrected chi connectivity index (χ1v) is 9.15. The maximum absolute atomic E-state index is 12.6. The largest absolute Gasteiger partial charge is 0.480 e. The fourth-order valence-electron chi connectivity index (χ4n) is 2.73. The van der Waals surface area contributed by atoms with E-state index >= 15 is 0 Å². The molecule has 4 atom stereocenters. The van der Waals surface area contributed by atoms with Gasteiger partial charge in [0.25, 0.3) is 0 Å². The van der Waals surface area contributed by atoms with Crippen LogP contribution in [0.2, 0.25) is 0 Å². The molecule has 0 aliphatic carbocycles. The van der Waals surface area contributed by atoms with Crippen molar-refractivity contribution in [3.8, 4) is 0 Å². The fourth-order valence-corrected chi connectivity index (χ4v) is 2.89. The number of nitrogens with two attached hydrogens (primary N) is 2. The van der Waals surface area contributed by atoms with Gasteiger partial charge in [0.1, 0.15) is 18.1 Å². The molecule has 0 saturated carbocycles. The molecule has 4 amide bonds. The molecule has 1 rings (SSSR count). The van der Waals surface area contributed by atoms with Crippen LogP contribution in [0, 0.1) is 0 Å². The van der Waals surface area contributed by atoms with Crippen molar-refractivity contribution in [1.82, 2.24) is 15.5 Å². The SMILES string of the molecule is NC(=O)CC(NC(=O)C1CCCN1C(=O)C(N)CS)C(=O)NC(CO)C(=O)O. The summed E-state index contributed by atoms with van der Waals surface area (Å²) in [6.07, 6.45) is 0.281. The van der Waals surface area contributed by atoms with E-state index < -0.39 is 66.8 Å². The van der Waals surface area contributed by atoms with Gasteiger partial charge in [0.05, 0.1) is 19.1 Å². The fraction of sp³-hybridized carbons (Fsp3) is 0.667. The summed E-state index contributed by atoms with van der Waals surface area (Å²) in [7, 11) is 0. The first-order valence-electron chi connectivity index (χ1n) is 8.52. The molecule has 0 aromatic heterocycles. The van der Waals surface area contributed by atoms with Gasteiger partial charge in [-0.1, -0.05) is 0 Å². The van der Waals surface area contributed by atoms with Gasteiger partial charge in [-0.15, -0.1) is 0 Å². The second-order valence-electron chi connectivity index (χ2n) is 6.29. The quantitative estimate of drug-likeness (QED) is 0.174. The third-order valence-electron chi connectivity index (χ3n) is 4.19. The van der Waals surface area contributed by atoms with Crippen molar-refractivity contribution in [2.45, 2.75) is 43.4 Å². The first kappa shape index (κ1) is 23.7. The number of hydrogen-bond donors (Lipinski definition) is 7. The number of aliphatic carboxylic acids is 1. The molecule has 1 heterocycles. The van der Waals surface area contributed by atoms with E-state index in [1.165, 1.54) is 4.90 Å². The maximum atomic E-state index is 12.6. The standard InChI is InChI=1S/C15H25N5O7S/c16-7(6-28)14(25)20-3-1-2-10(20)13(24)18-8(4-11(17)22)12(23)19-9(5-21)15(26)27/h7-10,21,28H,1-6,16H2,(H2,17,22)(H,18,24)(H,19,23)(H,26,27). The molecule has 1 saturated heterocycles. The van der Waals surface area contributed by atoms with Gasteiger partial charge in [-0.2, -0.15) is 12.6 Å². The Morgan fingerprint density at radius 1 is 1.18 bits per heavy atom. The molecule has 12 nitrogen and oxygen atoms in total. The van der Waals surface area contributed by atoms with Crippen LogP contribution in [0.1, 0.15) is 19.3 Å². The number of thiol groups is 1. The number of nitrogens with one attached hydrogen (secondary N) is 2. The van der Waals surface area contributed by atoms with Crippen LogP contribution in [-0.4, -0.2) is 87.8 Å². The number of carboxylic acid groups (broad SMARTS) is 1. The van der Waals surface area contributed by atoms with Crippen LogP contribution in [0.15, 0.2) is 0 Å². The van der Waals surface area contributed by atoms with Crippen LogP contribution >= 0.6 is 12.6 Å². The minimum atomic E-state index is -1.61. The Balaban J connectivity index is 2.88. The van der Waals surface area contributed by atoms with Crippen LogP contribution in [0.4, 0.5) is 0 Å². The normalized spacial score (nSPS) is 19.4. The summed E-state index contributed by atoms with van der Waals surface area (Å²) >= 11 is 3.96. The maximum Gasteiger partial charge on any atom is 0.328 e. The first-order chi connectivity index (χ1) is 13.1. The predicted octanol–water partition coefficient (Wildman–Crippen LogP) is -3.84. The van der Waals surface area contributed by atoms with Crippen LogP contribution < -0.4 is 22.1 Å². The Labute approximate surface area is 166 Å². The van der Waals surface area contributed by atoms with Gasteiger partial charge < -0.3 is 37.2 Å². The number of hydrogen-bond acceptors (Lipinski definition) is 8. The van der Waals surface area contributed by atoms with E-state index in [-0.39, 0.29) is 5.75 Å². The summed E-state index contributed by atoms with van der Waals surface area (Å²) in [5.74, 6) is -4.48. The number of carboxylic acids is 1. The van der Waals surface area contributed by atoms with Gasteiger partial charge in [-0.25, -0.2) is 4.79 Å². The smallest absolute Gasteiger partial charge is 0.328 e. The summed E-state index contributed by atoms with van der Waals surface area (Å²) in [6, 6.07) is -4.86. The van der Waals surface area contributed by atoms with Crippen molar-refractivity contribution >= 4 is 42.2 Å². The van der Waals surface area contributed by atoms with E-state index in [0.717, 1.165) is 0 Å². The zero-order valence-electron chi connectivity index (χ0n) is 15.0. The minimum Gasteiger partial charge on any atom is -0.480 e. The minimum absolute atomic E-state index is 0.0914. The third-order valence-corrected chi connectivity index (χ3v) is 4.58. The molecule has 0 bridgehead atoms. The molecule has 1 aliphatic heterocycles. The van der Waals surface area contributed by atoms with Crippen molar-refractivity contribution in [3.63, 3.8) is 0 Å². The average Bonchev–Trinajstić information content (AvgIpc) is 3.13. The van der Waals surface area contributed by atoms with Crippen molar-refractivity contribution in [2.24, 2.45) is 11.5 Å². The Morgan fingerprint density at radius 2 is 1.82 bits per heavy atom. The molecule has 4 unspecified atom stereocenters. The number of rotatable bonds is 10. The Bertz CT molecular complexity index is 632. The van der Waals surface area contributed by atoms with Gasteiger partial charge in [0.15, 0.2) is 0 Å². The average molecular weight is 419 g/mol. The van der Waals surface area contributed by atoms with Gasteiger partial charge in [0, 0.05) is 12.3 Å². The highest BCUT2D eigenvalue weighted by molar-refractivity contribution is 7.80. The third kappa shape index (κ3) is 6.35.